The van der Waals surface area contributed by atoms with E-state index in [1.807, 2.05) is 10.9 Å². The number of aromatic nitrogens is 3. The number of likely N-dealkylation sites (N-methyl/N-ethyl adjacent to an activating group) is 1. The van der Waals surface area contributed by atoms with Crippen molar-refractivity contribution in [3.8, 4) is 0 Å². The molecule has 78 valence electrons. The second kappa shape index (κ2) is 3.69. The number of hydrogen-bond donors (Lipinski definition) is 0. The Labute approximate surface area is 84.9 Å². The van der Waals surface area contributed by atoms with Crippen LogP contribution in [-0.2, 0) is 0 Å². The first-order valence-corrected chi connectivity index (χ1v) is 5.23. The van der Waals surface area contributed by atoms with Crippen LogP contribution < -0.4 is 0 Å². The molecule has 1 aliphatic rings. The molecule has 0 spiro atoms. The number of nitrogens with zero attached hydrogens (tertiary/aromatic N) is 4. The van der Waals surface area contributed by atoms with Gasteiger partial charge in [0.15, 0.2) is 0 Å². The molecule has 4 nitrogen and oxygen atoms in total. The summed E-state index contributed by atoms with van der Waals surface area (Å²) < 4.78 is 2.01. The Hall–Kier alpha value is -0.900. The Kier molecular flexibility index (Phi) is 2.54. The van der Waals surface area contributed by atoms with E-state index in [9.17, 15) is 0 Å². The van der Waals surface area contributed by atoms with E-state index in [1.165, 1.54) is 6.54 Å². The zero-order valence-corrected chi connectivity index (χ0v) is 9.09. The zero-order chi connectivity index (χ0) is 10.1. The van der Waals surface area contributed by atoms with E-state index >= 15 is 0 Å². The van der Waals surface area contributed by atoms with E-state index in [0.717, 1.165) is 6.54 Å². The number of likely N-dealkylation sites (tertiary alicyclic amines) is 1. The number of rotatable bonds is 2. The van der Waals surface area contributed by atoms with Crippen LogP contribution in [0.2, 0.25) is 0 Å². The fraction of sp³-hybridized carbons (Fsp3) is 0.800. The molecule has 14 heavy (non-hydrogen) atoms. The molecule has 2 unspecified atom stereocenters. The lowest BCUT2D eigenvalue weighted by Crippen LogP contribution is -2.22. The molecule has 1 aromatic rings. The highest BCUT2D eigenvalue weighted by Crippen LogP contribution is 2.31. The third kappa shape index (κ3) is 1.66. The monoisotopic (exact) mass is 194 g/mol. The molecule has 2 atom stereocenters. The van der Waals surface area contributed by atoms with E-state index in [0.29, 0.717) is 17.9 Å². The second-order valence-electron chi connectivity index (χ2n) is 4.58. The van der Waals surface area contributed by atoms with Crippen LogP contribution in [0.15, 0.2) is 12.4 Å². The summed E-state index contributed by atoms with van der Waals surface area (Å²) in [7, 11) is 2.17. The van der Waals surface area contributed by atoms with Gasteiger partial charge in [-0.15, -0.1) is 5.10 Å². The molecule has 1 aromatic heterocycles. The standard InChI is InChI=1S/C10H18N4/c1-8(2)9-6-13(3)7-10(9)14-5-4-11-12-14/h4-5,8-10H,6-7H2,1-3H3. The summed E-state index contributed by atoms with van der Waals surface area (Å²) in [6, 6.07) is 0.502. The molecule has 0 radical (unpaired) electrons. The van der Waals surface area contributed by atoms with Crippen molar-refractivity contribution in [3.05, 3.63) is 12.4 Å². The Morgan fingerprint density at radius 3 is 2.71 bits per heavy atom. The van der Waals surface area contributed by atoms with Crippen molar-refractivity contribution < 1.29 is 0 Å². The van der Waals surface area contributed by atoms with Gasteiger partial charge in [0.2, 0.25) is 0 Å². The highest BCUT2D eigenvalue weighted by Gasteiger charge is 2.34. The van der Waals surface area contributed by atoms with E-state index < -0.39 is 0 Å². The molecular weight excluding hydrogens is 176 g/mol. The third-order valence-corrected chi connectivity index (χ3v) is 3.15. The molecule has 1 saturated heterocycles. The van der Waals surface area contributed by atoms with Gasteiger partial charge in [-0.05, 0) is 18.9 Å². The summed E-state index contributed by atoms with van der Waals surface area (Å²) in [5.41, 5.74) is 0. The second-order valence-corrected chi connectivity index (χ2v) is 4.58. The van der Waals surface area contributed by atoms with E-state index in [2.05, 4.69) is 36.1 Å². The maximum absolute atomic E-state index is 4.11. The van der Waals surface area contributed by atoms with Crippen molar-refractivity contribution in [2.75, 3.05) is 20.1 Å². The number of hydrogen-bond acceptors (Lipinski definition) is 3. The minimum absolute atomic E-state index is 0.502. The Balaban J connectivity index is 2.17. The first-order chi connectivity index (χ1) is 6.68. The molecule has 1 fully saturated rings. The van der Waals surface area contributed by atoms with Gasteiger partial charge < -0.3 is 4.90 Å². The normalized spacial score (nSPS) is 28.9. The predicted octanol–water partition coefficient (Wildman–Crippen LogP) is 1.04. The molecule has 0 N–H and O–H groups in total. The van der Waals surface area contributed by atoms with Crippen molar-refractivity contribution in [2.45, 2.75) is 19.9 Å². The van der Waals surface area contributed by atoms with Crippen LogP contribution in [-0.4, -0.2) is 40.0 Å². The van der Waals surface area contributed by atoms with Crippen LogP contribution in [0.25, 0.3) is 0 Å². The van der Waals surface area contributed by atoms with Gasteiger partial charge in [0, 0.05) is 19.3 Å². The lowest BCUT2D eigenvalue weighted by Gasteiger charge is -2.21. The topological polar surface area (TPSA) is 34.0 Å². The summed E-state index contributed by atoms with van der Waals surface area (Å²) in [5.74, 6) is 1.40. The lowest BCUT2D eigenvalue weighted by molar-refractivity contribution is 0.294. The zero-order valence-electron chi connectivity index (χ0n) is 9.09. The molecule has 1 aliphatic heterocycles. The van der Waals surface area contributed by atoms with E-state index in [-0.39, 0.29) is 0 Å². The van der Waals surface area contributed by atoms with E-state index in [1.54, 1.807) is 6.20 Å². The van der Waals surface area contributed by atoms with Gasteiger partial charge in [0.05, 0.1) is 12.2 Å². The quantitative estimate of drug-likeness (QED) is 0.705. The highest BCUT2D eigenvalue weighted by molar-refractivity contribution is 4.88. The van der Waals surface area contributed by atoms with E-state index in [4.69, 9.17) is 0 Å². The van der Waals surface area contributed by atoms with Crippen LogP contribution in [0.1, 0.15) is 19.9 Å². The SMILES string of the molecule is CC(C)C1CN(C)CC1n1ccnn1. The van der Waals surface area contributed by atoms with Gasteiger partial charge in [0.1, 0.15) is 0 Å². The average Bonchev–Trinajstić information content (AvgIpc) is 2.70. The molecular formula is C10H18N4. The first-order valence-electron chi connectivity index (χ1n) is 5.23. The summed E-state index contributed by atoms with van der Waals surface area (Å²) in [6.07, 6.45) is 3.73. The van der Waals surface area contributed by atoms with Crippen molar-refractivity contribution in [1.82, 2.24) is 19.9 Å². The molecule has 4 heteroatoms. The highest BCUT2D eigenvalue weighted by atomic mass is 15.4. The van der Waals surface area contributed by atoms with Crippen LogP contribution in [0.4, 0.5) is 0 Å². The lowest BCUT2D eigenvalue weighted by atomic mass is 9.91. The maximum Gasteiger partial charge on any atom is 0.0706 e. The molecule has 0 aromatic carbocycles. The van der Waals surface area contributed by atoms with Gasteiger partial charge >= 0.3 is 0 Å². The molecule has 0 bridgehead atoms. The maximum atomic E-state index is 4.11. The van der Waals surface area contributed by atoms with Crippen LogP contribution in [0.3, 0.4) is 0 Å². The van der Waals surface area contributed by atoms with Crippen LogP contribution >= 0.6 is 0 Å². The van der Waals surface area contributed by atoms with Crippen molar-refractivity contribution >= 4 is 0 Å². The fourth-order valence-electron chi connectivity index (χ4n) is 2.34. The molecule has 0 amide bonds. The average molecular weight is 194 g/mol. The molecule has 0 saturated carbocycles. The van der Waals surface area contributed by atoms with Crippen molar-refractivity contribution in [1.29, 1.82) is 0 Å². The predicted molar refractivity (Wildman–Crippen MR) is 54.9 cm³/mol. The third-order valence-electron chi connectivity index (χ3n) is 3.15. The van der Waals surface area contributed by atoms with Crippen LogP contribution in [0.5, 0.6) is 0 Å². The van der Waals surface area contributed by atoms with Gasteiger partial charge in [-0.3, -0.25) is 0 Å². The van der Waals surface area contributed by atoms with Gasteiger partial charge in [0.25, 0.3) is 0 Å². The minimum Gasteiger partial charge on any atom is -0.304 e. The van der Waals surface area contributed by atoms with Crippen molar-refractivity contribution in [3.63, 3.8) is 0 Å². The fourth-order valence-corrected chi connectivity index (χ4v) is 2.34. The summed E-state index contributed by atoms with van der Waals surface area (Å²) in [5, 5.41) is 7.99. The first kappa shape index (κ1) is 9.65. The molecule has 2 heterocycles. The Morgan fingerprint density at radius 1 is 1.36 bits per heavy atom. The van der Waals surface area contributed by atoms with Gasteiger partial charge in [-0.2, -0.15) is 0 Å². The van der Waals surface area contributed by atoms with Gasteiger partial charge in [-0.25, -0.2) is 4.68 Å². The Morgan fingerprint density at radius 2 is 2.14 bits per heavy atom. The largest absolute Gasteiger partial charge is 0.304 e. The molecule has 2 rings (SSSR count). The summed E-state index contributed by atoms with van der Waals surface area (Å²) in [4.78, 5) is 2.37. The van der Waals surface area contributed by atoms with Crippen LogP contribution in [0, 0.1) is 11.8 Å². The smallest absolute Gasteiger partial charge is 0.0706 e. The summed E-state index contributed by atoms with van der Waals surface area (Å²) >= 11 is 0. The minimum atomic E-state index is 0.502. The molecule has 0 aliphatic carbocycles. The summed E-state index contributed by atoms with van der Waals surface area (Å²) in [6.45, 7) is 6.83. The Bertz CT molecular complexity index is 280. The van der Waals surface area contributed by atoms with Gasteiger partial charge in [-0.1, -0.05) is 19.1 Å². The van der Waals surface area contributed by atoms with Crippen molar-refractivity contribution in [2.24, 2.45) is 11.8 Å².